The number of nitrogens with one attached hydrogen (secondary N) is 1. The summed E-state index contributed by atoms with van der Waals surface area (Å²) in [5.41, 5.74) is 3.85. The van der Waals surface area contributed by atoms with E-state index in [0.29, 0.717) is 0 Å². The topological polar surface area (TPSA) is 68.0 Å². The van der Waals surface area contributed by atoms with Crippen molar-refractivity contribution in [3.05, 3.63) is 29.6 Å². The molecule has 1 heterocycles. The highest BCUT2D eigenvalue weighted by molar-refractivity contribution is 5.77. The van der Waals surface area contributed by atoms with Crippen LogP contribution in [0.3, 0.4) is 0 Å². The van der Waals surface area contributed by atoms with Gasteiger partial charge in [0.2, 0.25) is 5.91 Å². The van der Waals surface area contributed by atoms with Crippen molar-refractivity contribution in [2.75, 3.05) is 0 Å². The van der Waals surface area contributed by atoms with Crippen molar-refractivity contribution in [3.63, 3.8) is 0 Å². The molecule has 64 valence electrons. The number of nitrogens with two attached hydrogens (primary N) is 1. The van der Waals surface area contributed by atoms with Crippen molar-refractivity contribution in [2.45, 2.75) is 13.3 Å². The molecule has 0 aliphatic carbocycles. The van der Waals surface area contributed by atoms with Gasteiger partial charge < -0.3 is 0 Å². The number of carbonyl (C=O) groups excluding carboxylic acids is 1. The summed E-state index contributed by atoms with van der Waals surface area (Å²) in [6, 6.07) is 3.72. The second kappa shape index (κ2) is 3.82. The van der Waals surface area contributed by atoms with Gasteiger partial charge in [0.1, 0.15) is 0 Å². The van der Waals surface area contributed by atoms with E-state index in [1.54, 1.807) is 6.20 Å². The molecular formula is C8H11N3O. The molecule has 4 heteroatoms. The molecule has 4 nitrogen and oxygen atoms in total. The van der Waals surface area contributed by atoms with Gasteiger partial charge in [0.05, 0.1) is 6.42 Å². The fraction of sp³-hybridized carbons (Fsp3) is 0.250. The Morgan fingerprint density at radius 2 is 2.42 bits per heavy atom. The molecule has 0 fully saturated rings. The van der Waals surface area contributed by atoms with E-state index in [4.69, 9.17) is 5.84 Å². The maximum Gasteiger partial charge on any atom is 0.239 e. The van der Waals surface area contributed by atoms with Crippen molar-refractivity contribution < 1.29 is 4.79 Å². The number of pyridine rings is 1. The number of hydrogen-bond acceptors (Lipinski definition) is 3. The van der Waals surface area contributed by atoms with E-state index >= 15 is 0 Å². The molecule has 1 amide bonds. The zero-order valence-corrected chi connectivity index (χ0v) is 6.87. The second-order valence-corrected chi connectivity index (χ2v) is 2.57. The van der Waals surface area contributed by atoms with E-state index in [1.807, 2.05) is 24.5 Å². The van der Waals surface area contributed by atoms with Crippen LogP contribution in [0.1, 0.15) is 11.3 Å². The molecule has 0 saturated carbocycles. The zero-order chi connectivity index (χ0) is 8.97. The van der Waals surface area contributed by atoms with Crippen LogP contribution in [-0.4, -0.2) is 10.9 Å². The first kappa shape index (κ1) is 8.67. The predicted molar refractivity (Wildman–Crippen MR) is 45.0 cm³/mol. The van der Waals surface area contributed by atoms with E-state index in [0.717, 1.165) is 11.3 Å². The third-order valence-corrected chi connectivity index (χ3v) is 1.48. The average molecular weight is 165 g/mol. The van der Waals surface area contributed by atoms with Gasteiger partial charge in [0, 0.05) is 11.9 Å². The number of nitrogens with zero attached hydrogens (tertiary/aromatic N) is 1. The van der Waals surface area contributed by atoms with Gasteiger partial charge in [0.25, 0.3) is 0 Å². The molecule has 1 rings (SSSR count). The molecule has 0 aromatic carbocycles. The normalized spacial score (nSPS) is 9.50. The monoisotopic (exact) mass is 165 g/mol. The van der Waals surface area contributed by atoms with Gasteiger partial charge in [-0.25, -0.2) is 5.84 Å². The van der Waals surface area contributed by atoms with Gasteiger partial charge in [-0.05, 0) is 18.6 Å². The SMILES string of the molecule is Cc1ccc(CC(=O)NN)nc1. The van der Waals surface area contributed by atoms with Crippen molar-refractivity contribution in [1.29, 1.82) is 0 Å². The Kier molecular flexibility index (Phi) is 2.76. The first-order valence-electron chi connectivity index (χ1n) is 3.63. The Labute approximate surface area is 70.8 Å². The molecule has 1 aromatic heterocycles. The van der Waals surface area contributed by atoms with Crippen molar-refractivity contribution in [2.24, 2.45) is 5.84 Å². The molecule has 0 bridgehead atoms. The minimum atomic E-state index is -0.230. The number of hydrogen-bond donors (Lipinski definition) is 2. The van der Waals surface area contributed by atoms with Gasteiger partial charge in [-0.1, -0.05) is 6.07 Å². The first-order chi connectivity index (χ1) is 5.72. The zero-order valence-electron chi connectivity index (χ0n) is 6.87. The molecule has 0 unspecified atom stereocenters. The summed E-state index contributed by atoms with van der Waals surface area (Å²) in [5, 5.41) is 0. The van der Waals surface area contributed by atoms with Gasteiger partial charge in [-0.15, -0.1) is 0 Å². The maximum absolute atomic E-state index is 10.8. The molecule has 1 aromatic rings. The highest BCUT2D eigenvalue weighted by Crippen LogP contribution is 1.98. The summed E-state index contributed by atoms with van der Waals surface area (Å²) in [5.74, 6) is 4.69. The minimum Gasteiger partial charge on any atom is -0.294 e. The van der Waals surface area contributed by atoms with Crippen molar-refractivity contribution in [1.82, 2.24) is 10.4 Å². The fourth-order valence-corrected chi connectivity index (χ4v) is 0.819. The number of aryl methyl sites for hydroxylation is 1. The minimum absolute atomic E-state index is 0.230. The summed E-state index contributed by atoms with van der Waals surface area (Å²) < 4.78 is 0. The standard InChI is InChI=1S/C8H11N3O/c1-6-2-3-7(10-5-6)4-8(12)11-9/h2-3,5H,4,9H2,1H3,(H,11,12). The lowest BCUT2D eigenvalue weighted by Crippen LogP contribution is -2.31. The van der Waals surface area contributed by atoms with Gasteiger partial charge in [0.15, 0.2) is 0 Å². The molecule has 0 atom stereocenters. The fourth-order valence-electron chi connectivity index (χ4n) is 0.819. The summed E-state index contributed by atoms with van der Waals surface area (Å²) in [6.45, 7) is 1.94. The molecule has 12 heavy (non-hydrogen) atoms. The quantitative estimate of drug-likeness (QED) is 0.366. The largest absolute Gasteiger partial charge is 0.294 e. The molecule has 3 N–H and O–H groups in total. The van der Waals surface area contributed by atoms with Crippen molar-refractivity contribution >= 4 is 5.91 Å². The molecule has 0 spiro atoms. The van der Waals surface area contributed by atoms with E-state index in [2.05, 4.69) is 4.98 Å². The Morgan fingerprint density at radius 3 is 2.92 bits per heavy atom. The van der Waals surface area contributed by atoms with E-state index in [-0.39, 0.29) is 12.3 Å². The van der Waals surface area contributed by atoms with Crippen LogP contribution in [0, 0.1) is 6.92 Å². The highest BCUT2D eigenvalue weighted by Gasteiger charge is 2.00. The van der Waals surface area contributed by atoms with E-state index in [9.17, 15) is 4.79 Å². The highest BCUT2D eigenvalue weighted by atomic mass is 16.2. The second-order valence-electron chi connectivity index (χ2n) is 2.57. The summed E-state index contributed by atoms with van der Waals surface area (Å²) in [7, 11) is 0. The number of hydrazine groups is 1. The van der Waals surface area contributed by atoms with Crippen LogP contribution in [0.15, 0.2) is 18.3 Å². The van der Waals surface area contributed by atoms with Crippen LogP contribution in [0.5, 0.6) is 0 Å². The number of aromatic nitrogens is 1. The maximum atomic E-state index is 10.8. The van der Waals surface area contributed by atoms with Gasteiger partial charge >= 0.3 is 0 Å². The summed E-state index contributed by atoms with van der Waals surface area (Å²) in [4.78, 5) is 14.8. The van der Waals surface area contributed by atoms with E-state index < -0.39 is 0 Å². The lowest BCUT2D eigenvalue weighted by molar-refractivity contribution is -0.120. The van der Waals surface area contributed by atoms with Crippen LogP contribution in [0.2, 0.25) is 0 Å². The van der Waals surface area contributed by atoms with Crippen LogP contribution in [0.25, 0.3) is 0 Å². The smallest absolute Gasteiger partial charge is 0.239 e. The van der Waals surface area contributed by atoms with Crippen LogP contribution in [-0.2, 0) is 11.2 Å². The molecule has 0 aliphatic rings. The Morgan fingerprint density at radius 1 is 1.67 bits per heavy atom. The number of amides is 1. The Balaban J connectivity index is 2.64. The first-order valence-corrected chi connectivity index (χ1v) is 3.63. The summed E-state index contributed by atoms with van der Waals surface area (Å²) in [6.07, 6.45) is 1.95. The Hall–Kier alpha value is -1.42. The number of rotatable bonds is 2. The molecule has 0 radical (unpaired) electrons. The third kappa shape index (κ3) is 2.32. The molecule has 0 aliphatic heterocycles. The summed E-state index contributed by atoms with van der Waals surface area (Å²) >= 11 is 0. The average Bonchev–Trinajstić information content (AvgIpc) is 2.09. The van der Waals surface area contributed by atoms with Gasteiger partial charge in [-0.3, -0.25) is 15.2 Å². The molecule has 0 saturated heterocycles. The van der Waals surface area contributed by atoms with Crippen LogP contribution >= 0.6 is 0 Å². The third-order valence-electron chi connectivity index (χ3n) is 1.48. The predicted octanol–water partition coefficient (Wildman–Crippen LogP) is -0.0776. The number of carbonyl (C=O) groups is 1. The molecular weight excluding hydrogens is 154 g/mol. The van der Waals surface area contributed by atoms with E-state index in [1.165, 1.54) is 0 Å². The van der Waals surface area contributed by atoms with Crippen molar-refractivity contribution in [3.8, 4) is 0 Å². The lowest BCUT2D eigenvalue weighted by atomic mass is 10.2. The lowest BCUT2D eigenvalue weighted by Gasteiger charge is -1.98. The van der Waals surface area contributed by atoms with Gasteiger partial charge in [-0.2, -0.15) is 0 Å². The van der Waals surface area contributed by atoms with Crippen LogP contribution < -0.4 is 11.3 Å². The Bertz CT molecular complexity index is 268. The van der Waals surface area contributed by atoms with Crippen LogP contribution in [0.4, 0.5) is 0 Å².